The molecule has 13 heavy (non-hydrogen) atoms. The minimum absolute atomic E-state index is 0.325. The molecule has 0 aliphatic carbocycles. The summed E-state index contributed by atoms with van der Waals surface area (Å²) in [4.78, 5) is 8.69. The molecule has 1 aromatic rings. The van der Waals surface area contributed by atoms with Crippen LogP contribution in [0.2, 0.25) is 0 Å². The SMILES string of the molecule is CCc1ncc(C(C)NC)c(C)n1. The summed E-state index contributed by atoms with van der Waals surface area (Å²) in [5.41, 5.74) is 2.26. The first-order valence-electron chi connectivity index (χ1n) is 4.68. The molecule has 72 valence electrons. The summed E-state index contributed by atoms with van der Waals surface area (Å²) in [6.07, 6.45) is 2.82. The minimum Gasteiger partial charge on any atom is -0.313 e. The lowest BCUT2D eigenvalue weighted by molar-refractivity contribution is 0.637. The lowest BCUT2D eigenvalue weighted by atomic mass is 10.1. The van der Waals surface area contributed by atoms with Crippen LogP contribution in [0.5, 0.6) is 0 Å². The van der Waals surface area contributed by atoms with Gasteiger partial charge in [0.15, 0.2) is 0 Å². The van der Waals surface area contributed by atoms with E-state index in [1.165, 1.54) is 5.56 Å². The second-order valence-electron chi connectivity index (χ2n) is 3.19. The van der Waals surface area contributed by atoms with Gasteiger partial charge in [-0.25, -0.2) is 9.97 Å². The Morgan fingerprint density at radius 1 is 1.54 bits per heavy atom. The van der Waals surface area contributed by atoms with E-state index in [1.807, 2.05) is 20.2 Å². The van der Waals surface area contributed by atoms with Crippen LogP contribution in [0, 0.1) is 6.92 Å². The summed E-state index contributed by atoms with van der Waals surface area (Å²) in [6.45, 7) is 6.21. The van der Waals surface area contributed by atoms with Crippen molar-refractivity contribution in [2.24, 2.45) is 0 Å². The summed E-state index contributed by atoms with van der Waals surface area (Å²) in [5.74, 6) is 0.921. The molecule has 3 nitrogen and oxygen atoms in total. The van der Waals surface area contributed by atoms with Crippen molar-refractivity contribution in [3.05, 3.63) is 23.3 Å². The molecule has 0 spiro atoms. The predicted octanol–water partition coefficient (Wildman–Crippen LogP) is 1.63. The van der Waals surface area contributed by atoms with Gasteiger partial charge in [0.1, 0.15) is 5.82 Å². The molecule has 0 saturated carbocycles. The third-order valence-electron chi connectivity index (χ3n) is 2.28. The predicted molar refractivity (Wildman–Crippen MR) is 53.6 cm³/mol. The zero-order valence-electron chi connectivity index (χ0n) is 8.76. The van der Waals surface area contributed by atoms with Gasteiger partial charge < -0.3 is 5.32 Å². The number of nitrogens with zero attached hydrogens (tertiary/aromatic N) is 2. The monoisotopic (exact) mass is 179 g/mol. The zero-order chi connectivity index (χ0) is 9.84. The van der Waals surface area contributed by atoms with Crippen LogP contribution in [0.25, 0.3) is 0 Å². The largest absolute Gasteiger partial charge is 0.313 e. The molecular formula is C10H17N3. The first kappa shape index (κ1) is 10.1. The van der Waals surface area contributed by atoms with Crippen molar-refractivity contribution in [1.82, 2.24) is 15.3 Å². The zero-order valence-corrected chi connectivity index (χ0v) is 8.76. The molecule has 0 aliphatic heterocycles. The van der Waals surface area contributed by atoms with Gasteiger partial charge >= 0.3 is 0 Å². The van der Waals surface area contributed by atoms with Gasteiger partial charge in [0.2, 0.25) is 0 Å². The van der Waals surface area contributed by atoms with Crippen molar-refractivity contribution in [3.8, 4) is 0 Å². The molecule has 1 aromatic heterocycles. The van der Waals surface area contributed by atoms with Gasteiger partial charge in [0, 0.05) is 29.9 Å². The highest BCUT2D eigenvalue weighted by Gasteiger charge is 2.07. The van der Waals surface area contributed by atoms with Crippen LogP contribution in [-0.2, 0) is 6.42 Å². The summed E-state index contributed by atoms with van der Waals surface area (Å²) >= 11 is 0. The number of aryl methyl sites for hydroxylation is 2. The van der Waals surface area contributed by atoms with Crippen molar-refractivity contribution < 1.29 is 0 Å². The van der Waals surface area contributed by atoms with E-state index in [4.69, 9.17) is 0 Å². The highest BCUT2D eigenvalue weighted by atomic mass is 14.9. The van der Waals surface area contributed by atoms with Gasteiger partial charge in [-0.3, -0.25) is 0 Å². The Morgan fingerprint density at radius 2 is 2.23 bits per heavy atom. The van der Waals surface area contributed by atoms with Gasteiger partial charge in [0.05, 0.1) is 0 Å². The molecule has 0 radical (unpaired) electrons. The number of hydrogen-bond acceptors (Lipinski definition) is 3. The molecule has 1 unspecified atom stereocenters. The van der Waals surface area contributed by atoms with Crippen LogP contribution >= 0.6 is 0 Å². The smallest absolute Gasteiger partial charge is 0.128 e. The Balaban J connectivity index is 2.98. The lowest BCUT2D eigenvalue weighted by Crippen LogP contribution is -2.15. The fourth-order valence-electron chi connectivity index (χ4n) is 1.28. The van der Waals surface area contributed by atoms with Crippen LogP contribution in [0.15, 0.2) is 6.20 Å². The molecule has 0 aromatic carbocycles. The number of rotatable bonds is 3. The third kappa shape index (κ3) is 2.25. The minimum atomic E-state index is 0.325. The van der Waals surface area contributed by atoms with Crippen molar-refractivity contribution in [2.45, 2.75) is 33.2 Å². The van der Waals surface area contributed by atoms with E-state index >= 15 is 0 Å². The molecule has 0 saturated heterocycles. The average molecular weight is 179 g/mol. The van der Waals surface area contributed by atoms with Gasteiger partial charge in [-0.1, -0.05) is 6.92 Å². The second-order valence-corrected chi connectivity index (χ2v) is 3.19. The Labute approximate surface area is 79.6 Å². The lowest BCUT2D eigenvalue weighted by Gasteiger charge is -2.12. The number of hydrogen-bond donors (Lipinski definition) is 1. The van der Waals surface area contributed by atoms with Crippen molar-refractivity contribution in [3.63, 3.8) is 0 Å². The Hall–Kier alpha value is -0.960. The van der Waals surface area contributed by atoms with Gasteiger partial charge in [-0.05, 0) is 20.9 Å². The topological polar surface area (TPSA) is 37.8 Å². The highest BCUT2D eigenvalue weighted by Crippen LogP contribution is 2.13. The first-order valence-corrected chi connectivity index (χ1v) is 4.68. The van der Waals surface area contributed by atoms with Crippen molar-refractivity contribution in [1.29, 1.82) is 0 Å². The third-order valence-corrected chi connectivity index (χ3v) is 2.28. The van der Waals surface area contributed by atoms with E-state index < -0.39 is 0 Å². The molecular weight excluding hydrogens is 162 g/mol. The maximum absolute atomic E-state index is 4.41. The molecule has 0 amide bonds. The second kappa shape index (κ2) is 4.33. The summed E-state index contributed by atoms with van der Waals surface area (Å²) in [5, 5.41) is 3.18. The van der Waals surface area contributed by atoms with Crippen molar-refractivity contribution >= 4 is 0 Å². The molecule has 0 fully saturated rings. The van der Waals surface area contributed by atoms with E-state index in [0.29, 0.717) is 6.04 Å². The molecule has 3 heteroatoms. The average Bonchev–Trinajstić information content (AvgIpc) is 2.16. The summed E-state index contributed by atoms with van der Waals surface area (Å²) < 4.78 is 0. The number of aromatic nitrogens is 2. The Morgan fingerprint density at radius 3 is 2.69 bits per heavy atom. The highest BCUT2D eigenvalue weighted by molar-refractivity contribution is 5.19. The van der Waals surface area contributed by atoms with Crippen LogP contribution in [0.4, 0.5) is 0 Å². The van der Waals surface area contributed by atoms with Crippen LogP contribution in [-0.4, -0.2) is 17.0 Å². The maximum atomic E-state index is 4.41. The van der Waals surface area contributed by atoms with Crippen LogP contribution in [0.1, 0.15) is 37.0 Å². The van der Waals surface area contributed by atoms with Gasteiger partial charge in [0.25, 0.3) is 0 Å². The molecule has 0 bridgehead atoms. The number of nitrogens with one attached hydrogen (secondary N) is 1. The summed E-state index contributed by atoms with van der Waals surface area (Å²) in [7, 11) is 1.94. The van der Waals surface area contributed by atoms with Gasteiger partial charge in [-0.2, -0.15) is 0 Å². The fourth-order valence-corrected chi connectivity index (χ4v) is 1.28. The quantitative estimate of drug-likeness (QED) is 0.766. The molecule has 0 aliphatic rings. The van der Waals surface area contributed by atoms with E-state index in [0.717, 1.165) is 17.9 Å². The first-order chi connectivity index (χ1) is 6.19. The standard InChI is InChI=1S/C10H17N3/c1-5-10-12-6-9(7(2)11-4)8(3)13-10/h6-7,11H,5H2,1-4H3. The van der Waals surface area contributed by atoms with Crippen molar-refractivity contribution in [2.75, 3.05) is 7.05 Å². The molecule has 1 rings (SSSR count). The van der Waals surface area contributed by atoms with Crippen LogP contribution in [0.3, 0.4) is 0 Å². The van der Waals surface area contributed by atoms with E-state index in [9.17, 15) is 0 Å². The fraction of sp³-hybridized carbons (Fsp3) is 0.600. The normalized spacial score (nSPS) is 12.9. The van der Waals surface area contributed by atoms with E-state index in [-0.39, 0.29) is 0 Å². The molecule has 1 heterocycles. The Bertz CT molecular complexity index is 283. The van der Waals surface area contributed by atoms with Gasteiger partial charge in [-0.15, -0.1) is 0 Å². The summed E-state index contributed by atoms with van der Waals surface area (Å²) in [6, 6.07) is 0.325. The Kier molecular flexibility index (Phi) is 3.37. The van der Waals surface area contributed by atoms with E-state index in [1.54, 1.807) is 0 Å². The molecule has 1 N–H and O–H groups in total. The van der Waals surface area contributed by atoms with E-state index in [2.05, 4.69) is 29.1 Å². The maximum Gasteiger partial charge on any atom is 0.128 e. The van der Waals surface area contributed by atoms with Crippen LogP contribution < -0.4 is 5.32 Å². The molecule has 1 atom stereocenters.